The zero-order valence-corrected chi connectivity index (χ0v) is 17.8. The van der Waals surface area contributed by atoms with Crippen molar-refractivity contribution < 1.29 is 17.9 Å². The largest absolute Gasteiger partial charge is 0.497 e. The average molecular weight is 425 g/mol. The molecule has 0 aromatic heterocycles. The van der Waals surface area contributed by atoms with Crippen molar-refractivity contribution in [3.05, 3.63) is 58.6 Å². The molecule has 0 radical (unpaired) electrons. The Bertz CT molecular complexity index is 932. The number of amides is 1. The number of hydrogen-bond donors (Lipinski definition) is 1. The molecule has 1 amide bonds. The molecule has 0 bridgehead atoms. The van der Waals surface area contributed by atoms with Crippen LogP contribution in [0.4, 0.5) is 5.69 Å². The first-order valence-corrected chi connectivity index (χ1v) is 11.1. The van der Waals surface area contributed by atoms with Gasteiger partial charge in [0.15, 0.2) is 0 Å². The first-order valence-electron chi connectivity index (χ1n) is 8.85. The molecule has 1 N–H and O–H groups in total. The highest BCUT2D eigenvalue weighted by Crippen LogP contribution is 2.27. The highest BCUT2D eigenvalue weighted by molar-refractivity contribution is 7.92. The van der Waals surface area contributed by atoms with Crippen LogP contribution in [-0.4, -0.2) is 40.8 Å². The third-order valence-electron chi connectivity index (χ3n) is 4.29. The molecule has 6 nitrogen and oxygen atoms in total. The molecular weight excluding hydrogens is 400 g/mol. The molecule has 0 aliphatic carbocycles. The topological polar surface area (TPSA) is 75.7 Å². The fourth-order valence-electron chi connectivity index (χ4n) is 2.78. The molecule has 0 fully saturated rings. The Kier molecular flexibility index (Phi) is 7.71. The number of carbonyl (C=O) groups excluding carboxylic acids is 1. The molecule has 8 heteroatoms. The Morgan fingerprint density at radius 2 is 1.93 bits per heavy atom. The van der Waals surface area contributed by atoms with E-state index in [9.17, 15) is 13.2 Å². The normalized spacial score (nSPS) is 11.1. The van der Waals surface area contributed by atoms with Gasteiger partial charge in [0.1, 0.15) is 12.3 Å². The van der Waals surface area contributed by atoms with Crippen molar-refractivity contribution in [2.45, 2.75) is 19.8 Å². The van der Waals surface area contributed by atoms with Crippen molar-refractivity contribution in [1.82, 2.24) is 5.32 Å². The van der Waals surface area contributed by atoms with Crippen molar-refractivity contribution in [2.75, 3.05) is 30.8 Å². The summed E-state index contributed by atoms with van der Waals surface area (Å²) >= 11 is 6.10. The van der Waals surface area contributed by atoms with Crippen LogP contribution in [0.3, 0.4) is 0 Å². The molecule has 2 aromatic rings. The number of carbonyl (C=O) groups is 1. The quantitative estimate of drug-likeness (QED) is 0.627. The number of anilines is 1. The van der Waals surface area contributed by atoms with Gasteiger partial charge < -0.3 is 10.1 Å². The molecule has 0 unspecified atom stereocenters. The van der Waals surface area contributed by atoms with Crippen molar-refractivity contribution in [3.8, 4) is 5.75 Å². The van der Waals surface area contributed by atoms with E-state index in [0.29, 0.717) is 22.8 Å². The van der Waals surface area contributed by atoms with Crippen LogP contribution in [0.25, 0.3) is 0 Å². The lowest BCUT2D eigenvalue weighted by molar-refractivity contribution is -0.119. The van der Waals surface area contributed by atoms with Crippen LogP contribution >= 0.6 is 11.6 Å². The summed E-state index contributed by atoms with van der Waals surface area (Å²) in [5.74, 6) is 0.428. The van der Waals surface area contributed by atoms with Crippen molar-refractivity contribution in [1.29, 1.82) is 0 Å². The van der Waals surface area contributed by atoms with Crippen molar-refractivity contribution in [3.63, 3.8) is 0 Å². The van der Waals surface area contributed by atoms with Gasteiger partial charge in [0.2, 0.25) is 15.9 Å². The van der Waals surface area contributed by atoms with Gasteiger partial charge in [-0.1, -0.05) is 29.8 Å². The second-order valence-corrected chi connectivity index (χ2v) is 8.77. The summed E-state index contributed by atoms with van der Waals surface area (Å²) in [5, 5.41) is 3.23. The molecule has 0 aliphatic heterocycles. The number of nitrogens with zero attached hydrogens (tertiary/aromatic N) is 1. The van der Waals surface area contributed by atoms with Crippen LogP contribution in [0.5, 0.6) is 5.75 Å². The Hall–Kier alpha value is -2.25. The van der Waals surface area contributed by atoms with Gasteiger partial charge in [0, 0.05) is 11.6 Å². The third-order valence-corrected chi connectivity index (χ3v) is 5.83. The lowest BCUT2D eigenvalue weighted by Crippen LogP contribution is -2.41. The molecule has 28 heavy (non-hydrogen) atoms. The minimum Gasteiger partial charge on any atom is -0.497 e. The summed E-state index contributed by atoms with van der Waals surface area (Å²) in [6, 6.07) is 12.7. The minimum absolute atomic E-state index is 0.292. The number of nitrogens with one attached hydrogen (secondary N) is 1. The zero-order chi connectivity index (χ0) is 20.7. The highest BCUT2D eigenvalue weighted by Gasteiger charge is 2.22. The molecule has 0 spiro atoms. The van der Waals surface area contributed by atoms with E-state index in [0.717, 1.165) is 34.7 Å². The maximum Gasteiger partial charge on any atom is 0.240 e. The third kappa shape index (κ3) is 6.14. The number of sulfonamides is 1. The maximum absolute atomic E-state index is 12.3. The number of rotatable bonds is 9. The second-order valence-electron chi connectivity index (χ2n) is 6.46. The van der Waals surface area contributed by atoms with E-state index >= 15 is 0 Å². The smallest absolute Gasteiger partial charge is 0.240 e. The van der Waals surface area contributed by atoms with Crippen LogP contribution in [0.1, 0.15) is 17.5 Å². The number of methoxy groups -OCH3 is 1. The van der Waals surface area contributed by atoms with Gasteiger partial charge in [-0.2, -0.15) is 0 Å². The Labute approximate surface area is 171 Å². The highest BCUT2D eigenvalue weighted by atomic mass is 35.5. The molecule has 0 heterocycles. The lowest BCUT2D eigenvalue weighted by Gasteiger charge is -2.24. The lowest BCUT2D eigenvalue weighted by atomic mass is 10.1. The SMILES string of the molecule is COc1cccc(CCCNC(=O)CN(c2cccc(Cl)c2C)S(C)(=O)=O)c1. The van der Waals surface area contributed by atoms with E-state index in [-0.39, 0.29) is 12.5 Å². The molecule has 2 aromatic carbocycles. The van der Waals surface area contributed by atoms with E-state index in [4.69, 9.17) is 16.3 Å². The molecule has 0 aliphatic rings. The summed E-state index contributed by atoms with van der Waals surface area (Å²) in [4.78, 5) is 12.3. The van der Waals surface area contributed by atoms with Gasteiger partial charge in [-0.25, -0.2) is 8.42 Å². The first kappa shape index (κ1) is 22.0. The van der Waals surface area contributed by atoms with Gasteiger partial charge in [-0.3, -0.25) is 9.10 Å². The van der Waals surface area contributed by atoms with E-state index in [1.807, 2.05) is 24.3 Å². The standard InChI is InChI=1S/C20H25ClN2O4S/c1-15-18(21)10-5-11-19(15)23(28(3,25)26)14-20(24)22-12-6-8-16-7-4-9-17(13-16)27-2/h4-5,7,9-11,13H,6,8,12,14H2,1-3H3,(H,22,24). The summed E-state index contributed by atoms with van der Waals surface area (Å²) in [5.41, 5.74) is 2.13. The molecule has 0 atom stereocenters. The van der Waals surface area contributed by atoms with E-state index < -0.39 is 10.0 Å². The van der Waals surface area contributed by atoms with Gasteiger partial charge in [0.25, 0.3) is 0 Å². The summed E-state index contributed by atoms with van der Waals surface area (Å²) in [7, 11) is -2.01. The van der Waals surface area contributed by atoms with Crippen molar-refractivity contribution in [2.24, 2.45) is 0 Å². The van der Waals surface area contributed by atoms with Crippen LogP contribution in [0.15, 0.2) is 42.5 Å². The van der Waals surface area contributed by atoms with Crippen LogP contribution in [0, 0.1) is 6.92 Å². The number of ether oxygens (including phenoxy) is 1. The minimum atomic E-state index is -3.63. The average Bonchev–Trinajstić information content (AvgIpc) is 2.65. The summed E-state index contributed by atoms with van der Waals surface area (Å²) in [6.45, 7) is 1.88. The van der Waals surface area contributed by atoms with Gasteiger partial charge in [-0.05, 0) is 55.2 Å². The van der Waals surface area contributed by atoms with Crippen LogP contribution < -0.4 is 14.4 Å². The zero-order valence-electron chi connectivity index (χ0n) is 16.2. The second kappa shape index (κ2) is 9.80. The predicted molar refractivity (Wildman–Crippen MR) is 113 cm³/mol. The van der Waals surface area contributed by atoms with E-state index in [2.05, 4.69) is 5.32 Å². The molecule has 2 rings (SSSR count). The van der Waals surface area contributed by atoms with E-state index in [1.54, 1.807) is 32.2 Å². The monoisotopic (exact) mass is 424 g/mol. The van der Waals surface area contributed by atoms with Gasteiger partial charge >= 0.3 is 0 Å². The Morgan fingerprint density at radius 1 is 1.21 bits per heavy atom. The molecule has 152 valence electrons. The maximum atomic E-state index is 12.3. The Balaban J connectivity index is 1.94. The number of aryl methyl sites for hydroxylation is 1. The Morgan fingerprint density at radius 3 is 2.61 bits per heavy atom. The summed E-state index contributed by atoms with van der Waals surface area (Å²) < 4.78 is 30.7. The van der Waals surface area contributed by atoms with Crippen LogP contribution in [0.2, 0.25) is 5.02 Å². The molecular formula is C20H25ClN2O4S. The fraction of sp³-hybridized carbons (Fsp3) is 0.350. The first-order chi connectivity index (χ1) is 13.2. The van der Waals surface area contributed by atoms with E-state index in [1.165, 1.54) is 0 Å². The number of halogens is 1. The molecule has 0 saturated carbocycles. The van der Waals surface area contributed by atoms with Crippen molar-refractivity contribution >= 4 is 33.2 Å². The molecule has 0 saturated heterocycles. The van der Waals surface area contributed by atoms with Gasteiger partial charge in [-0.15, -0.1) is 0 Å². The summed E-state index contributed by atoms with van der Waals surface area (Å²) in [6.07, 6.45) is 2.58. The number of benzene rings is 2. The number of hydrogen-bond acceptors (Lipinski definition) is 4. The predicted octanol–water partition coefficient (Wildman–Crippen LogP) is 3.17. The van der Waals surface area contributed by atoms with Gasteiger partial charge in [0.05, 0.1) is 19.1 Å². The fourth-order valence-corrected chi connectivity index (χ4v) is 3.86. The van der Waals surface area contributed by atoms with Crippen LogP contribution in [-0.2, 0) is 21.2 Å².